The van der Waals surface area contributed by atoms with Crippen molar-refractivity contribution in [3.05, 3.63) is 42.0 Å². The molecule has 0 radical (unpaired) electrons. The lowest BCUT2D eigenvalue weighted by molar-refractivity contribution is 0.318. The molecule has 4 nitrogen and oxygen atoms in total. The molecule has 0 unspecified atom stereocenters. The number of hydrogen-bond donors (Lipinski definition) is 3. The van der Waals surface area contributed by atoms with E-state index < -0.39 is 0 Å². The summed E-state index contributed by atoms with van der Waals surface area (Å²) in [5, 5.41) is 13.5. The van der Waals surface area contributed by atoms with Gasteiger partial charge in [0.25, 0.3) is 0 Å². The summed E-state index contributed by atoms with van der Waals surface area (Å²) < 4.78 is 0. The zero-order valence-corrected chi connectivity index (χ0v) is 8.01. The highest BCUT2D eigenvalue weighted by Crippen LogP contribution is 2.24. The Morgan fingerprint density at radius 2 is 1.87 bits per heavy atom. The van der Waals surface area contributed by atoms with Crippen molar-refractivity contribution in [1.82, 2.24) is 0 Å². The molecule has 0 spiro atoms. The fourth-order valence-electron chi connectivity index (χ4n) is 1.57. The zero-order chi connectivity index (χ0) is 10.8. The van der Waals surface area contributed by atoms with Gasteiger partial charge in [0.15, 0.2) is 5.84 Å². The molecule has 0 heterocycles. The Labute approximate surface area is 86.8 Å². The molecule has 0 aliphatic heterocycles. The molecule has 0 bridgehead atoms. The number of nitrogens with two attached hydrogens (primary N) is 2. The quantitative estimate of drug-likeness (QED) is 0.215. The Bertz CT molecular complexity index is 534. The van der Waals surface area contributed by atoms with Crippen molar-refractivity contribution in [2.45, 2.75) is 0 Å². The number of hydrogen-bond acceptors (Lipinski definition) is 3. The van der Waals surface area contributed by atoms with Crippen molar-refractivity contribution in [3.63, 3.8) is 0 Å². The van der Waals surface area contributed by atoms with Crippen molar-refractivity contribution in [1.29, 1.82) is 0 Å². The highest BCUT2D eigenvalue weighted by Gasteiger charge is 2.07. The highest BCUT2D eigenvalue weighted by atomic mass is 16.4. The van der Waals surface area contributed by atoms with Crippen LogP contribution >= 0.6 is 0 Å². The van der Waals surface area contributed by atoms with Crippen LogP contribution in [0.25, 0.3) is 10.8 Å². The number of rotatable bonds is 1. The van der Waals surface area contributed by atoms with Crippen molar-refractivity contribution in [3.8, 4) is 0 Å². The Hall–Kier alpha value is -2.23. The summed E-state index contributed by atoms with van der Waals surface area (Å²) in [5.74, 6) is 0.0262. The van der Waals surface area contributed by atoms with E-state index in [1.807, 2.05) is 30.3 Å². The van der Waals surface area contributed by atoms with Gasteiger partial charge in [-0.25, -0.2) is 0 Å². The number of nitrogen functional groups attached to an aromatic ring is 1. The Balaban J connectivity index is 2.76. The van der Waals surface area contributed by atoms with Crippen molar-refractivity contribution >= 4 is 22.3 Å². The molecule has 2 aromatic rings. The van der Waals surface area contributed by atoms with Crippen LogP contribution in [0.3, 0.4) is 0 Å². The Kier molecular flexibility index (Phi) is 2.17. The molecule has 0 saturated carbocycles. The molecular weight excluding hydrogens is 190 g/mol. The highest BCUT2D eigenvalue weighted by molar-refractivity contribution is 6.08. The Morgan fingerprint density at radius 3 is 2.60 bits per heavy atom. The minimum atomic E-state index is 0.0262. The van der Waals surface area contributed by atoms with Gasteiger partial charge in [-0.2, -0.15) is 0 Å². The fourth-order valence-corrected chi connectivity index (χ4v) is 1.57. The smallest absolute Gasteiger partial charge is 0.172 e. The molecule has 0 aliphatic rings. The molecule has 2 aromatic carbocycles. The first-order valence-electron chi connectivity index (χ1n) is 4.49. The lowest BCUT2D eigenvalue weighted by Gasteiger charge is -2.07. The largest absolute Gasteiger partial charge is 0.409 e. The summed E-state index contributed by atoms with van der Waals surface area (Å²) in [7, 11) is 0. The van der Waals surface area contributed by atoms with E-state index in [-0.39, 0.29) is 5.84 Å². The van der Waals surface area contributed by atoms with Gasteiger partial charge in [0.2, 0.25) is 0 Å². The van der Waals surface area contributed by atoms with Gasteiger partial charge in [-0.3, -0.25) is 0 Å². The van der Waals surface area contributed by atoms with E-state index in [2.05, 4.69) is 5.16 Å². The molecule has 0 fully saturated rings. The van der Waals surface area contributed by atoms with E-state index >= 15 is 0 Å². The number of amidine groups is 1. The van der Waals surface area contributed by atoms with Gasteiger partial charge in [-0.05, 0) is 11.5 Å². The minimum absolute atomic E-state index is 0.0262. The van der Waals surface area contributed by atoms with Gasteiger partial charge in [0.1, 0.15) is 0 Å². The molecule has 5 N–H and O–H groups in total. The maximum Gasteiger partial charge on any atom is 0.172 e. The van der Waals surface area contributed by atoms with Crippen LogP contribution in [0, 0.1) is 0 Å². The van der Waals surface area contributed by atoms with Gasteiger partial charge >= 0.3 is 0 Å². The minimum Gasteiger partial charge on any atom is -0.409 e. The molecule has 0 aromatic heterocycles. The maximum absolute atomic E-state index is 8.59. The van der Waals surface area contributed by atoms with Crippen LogP contribution in [0.5, 0.6) is 0 Å². The van der Waals surface area contributed by atoms with Crippen LogP contribution in [-0.4, -0.2) is 11.0 Å². The van der Waals surface area contributed by atoms with Crippen LogP contribution in [0.1, 0.15) is 5.56 Å². The van der Waals surface area contributed by atoms with E-state index in [0.717, 1.165) is 10.8 Å². The standard InChI is InChI=1S/C11H11N3O/c12-10-8-4-2-1-3-7(8)5-6-9(10)11(13)14-15/h1-6,15H,12H2,(H2,13,14). The summed E-state index contributed by atoms with van der Waals surface area (Å²) >= 11 is 0. The molecule has 15 heavy (non-hydrogen) atoms. The average Bonchev–Trinajstić information content (AvgIpc) is 2.29. The molecule has 0 atom stereocenters. The lowest BCUT2D eigenvalue weighted by Crippen LogP contribution is -2.15. The van der Waals surface area contributed by atoms with Crippen molar-refractivity contribution in [2.24, 2.45) is 10.9 Å². The third kappa shape index (κ3) is 1.46. The average molecular weight is 201 g/mol. The molecule has 0 amide bonds. The van der Waals surface area contributed by atoms with Crippen LogP contribution < -0.4 is 11.5 Å². The SMILES string of the molecule is NC(=NO)c1ccc2ccccc2c1N. The molecule has 4 heteroatoms. The number of oxime groups is 1. The number of nitrogens with zero attached hydrogens (tertiary/aromatic N) is 1. The molecule has 0 saturated heterocycles. The molecular formula is C11H11N3O. The number of benzene rings is 2. The van der Waals surface area contributed by atoms with Gasteiger partial charge < -0.3 is 16.7 Å². The van der Waals surface area contributed by atoms with Gasteiger partial charge in [0, 0.05) is 10.9 Å². The molecule has 76 valence electrons. The van der Waals surface area contributed by atoms with E-state index in [4.69, 9.17) is 16.7 Å². The fraction of sp³-hybridized carbons (Fsp3) is 0. The maximum atomic E-state index is 8.59. The van der Waals surface area contributed by atoms with Crippen LogP contribution in [0.15, 0.2) is 41.6 Å². The summed E-state index contributed by atoms with van der Waals surface area (Å²) in [6.45, 7) is 0. The van der Waals surface area contributed by atoms with E-state index in [0.29, 0.717) is 11.3 Å². The van der Waals surface area contributed by atoms with Gasteiger partial charge in [0.05, 0.1) is 5.69 Å². The number of anilines is 1. The van der Waals surface area contributed by atoms with Gasteiger partial charge in [-0.1, -0.05) is 35.5 Å². The predicted octanol–water partition coefficient (Wildman–Crippen LogP) is 1.52. The van der Waals surface area contributed by atoms with Crippen molar-refractivity contribution in [2.75, 3.05) is 5.73 Å². The first-order valence-corrected chi connectivity index (χ1v) is 4.49. The van der Waals surface area contributed by atoms with Gasteiger partial charge in [-0.15, -0.1) is 0 Å². The van der Waals surface area contributed by atoms with E-state index in [1.54, 1.807) is 6.07 Å². The summed E-state index contributed by atoms with van der Waals surface area (Å²) in [6, 6.07) is 11.3. The monoisotopic (exact) mass is 201 g/mol. The molecule has 2 rings (SSSR count). The number of fused-ring (bicyclic) bond motifs is 1. The first-order chi connectivity index (χ1) is 7.24. The van der Waals surface area contributed by atoms with E-state index in [9.17, 15) is 0 Å². The first kappa shape index (κ1) is 9.33. The third-order valence-electron chi connectivity index (χ3n) is 2.35. The summed E-state index contributed by atoms with van der Waals surface area (Å²) in [4.78, 5) is 0. The Morgan fingerprint density at radius 1 is 1.13 bits per heavy atom. The predicted molar refractivity (Wildman–Crippen MR) is 60.9 cm³/mol. The summed E-state index contributed by atoms with van der Waals surface area (Å²) in [6.07, 6.45) is 0. The second-order valence-electron chi connectivity index (χ2n) is 3.23. The zero-order valence-electron chi connectivity index (χ0n) is 8.01. The molecule has 0 aliphatic carbocycles. The second-order valence-corrected chi connectivity index (χ2v) is 3.23. The topological polar surface area (TPSA) is 84.6 Å². The summed E-state index contributed by atoms with van der Waals surface area (Å²) in [5.41, 5.74) is 12.5. The van der Waals surface area contributed by atoms with Crippen LogP contribution in [-0.2, 0) is 0 Å². The van der Waals surface area contributed by atoms with Crippen molar-refractivity contribution < 1.29 is 5.21 Å². The lowest BCUT2D eigenvalue weighted by atomic mass is 10.0. The normalized spacial score (nSPS) is 11.9. The van der Waals surface area contributed by atoms with Crippen LogP contribution in [0.4, 0.5) is 5.69 Å². The third-order valence-corrected chi connectivity index (χ3v) is 2.35. The van der Waals surface area contributed by atoms with E-state index in [1.165, 1.54) is 0 Å². The van der Waals surface area contributed by atoms with Crippen LogP contribution in [0.2, 0.25) is 0 Å². The second kappa shape index (κ2) is 3.49.